The molecule has 5 heterocycles. The molecule has 0 radical (unpaired) electrons. The highest BCUT2D eigenvalue weighted by molar-refractivity contribution is 5.92. The molecule has 11 heteroatoms. The van der Waals surface area contributed by atoms with E-state index >= 15 is 0 Å². The first-order valence-electron chi connectivity index (χ1n) is 14.9. The zero-order valence-corrected chi connectivity index (χ0v) is 25.7. The van der Waals surface area contributed by atoms with Gasteiger partial charge in [-0.3, -0.25) is 9.59 Å². The van der Waals surface area contributed by atoms with Crippen molar-refractivity contribution in [2.45, 2.75) is 79.7 Å². The zero-order valence-electron chi connectivity index (χ0n) is 25.7. The van der Waals surface area contributed by atoms with E-state index in [4.69, 9.17) is 21.2 Å². The Morgan fingerprint density at radius 1 is 1.07 bits per heavy atom. The normalized spacial score (nSPS) is 15.2. The van der Waals surface area contributed by atoms with E-state index < -0.39 is 18.0 Å². The van der Waals surface area contributed by atoms with Crippen molar-refractivity contribution in [1.82, 2.24) is 14.5 Å². The average molecular weight is 604 g/mol. The number of esters is 1. The lowest BCUT2D eigenvalue weighted by Gasteiger charge is -2.22. The first-order chi connectivity index (χ1) is 21.2. The summed E-state index contributed by atoms with van der Waals surface area (Å²) in [6.45, 7) is 10.4. The number of aliphatic hydroxyl groups excluding tert-OH is 1. The number of cyclic esters (lactones) is 1. The van der Waals surface area contributed by atoms with E-state index in [0.717, 1.165) is 41.3 Å². The number of hydrogen-bond acceptors (Lipinski definition) is 8. The summed E-state index contributed by atoms with van der Waals surface area (Å²) in [5.74, 6) is -1.56. The standard InChI is InChI=1S/C22H17FN2O4.C7H9N3O.2C2H6/c1-9-10-3-2-4-11-13-7-25-17(19(13)24-16(18(10)11)6-15(9)23)5-12-14(21(25)27)8-29-22(28)20(12)26;8-4-5-2-1-3-6(10-5)7(9)11;2*1-2/h5-6,20,26H,2-4,7-8H2,1H3;1-3H,4,8H2,(H2,9,11);2*1-2H3. The van der Waals surface area contributed by atoms with Crippen molar-refractivity contribution in [3.8, 4) is 11.4 Å². The Kier molecular flexibility index (Phi) is 9.91. The molecule has 1 aromatic carbocycles. The Balaban J connectivity index is 0.000000249. The number of halogens is 1. The molecule has 1 amide bonds. The number of aryl methyl sites for hydroxylation is 2. The highest BCUT2D eigenvalue weighted by atomic mass is 19.1. The minimum absolute atomic E-state index is 0.141. The van der Waals surface area contributed by atoms with Crippen molar-refractivity contribution in [3.05, 3.63) is 91.3 Å². The number of carbonyl (C=O) groups excluding carboxylic acids is 2. The van der Waals surface area contributed by atoms with Crippen LogP contribution in [0.15, 0.2) is 35.1 Å². The summed E-state index contributed by atoms with van der Waals surface area (Å²) in [6.07, 6.45) is 1.12. The van der Waals surface area contributed by atoms with Gasteiger partial charge in [-0.05, 0) is 61.1 Å². The molecule has 1 unspecified atom stereocenters. The van der Waals surface area contributed by atoms with Crippen molar-refractivity contribution < 1.29 is 23.8 Å². The Bertz CT molecular complexity index is 1820. The molecule has 232 valence electrons. The summed E-state index contributed by atoms with van der Waals surface area (Å²) in [5.41, 5.74) is 17.1. The third-order valence-electron chi connectivity index (χ3n) is 7.81. The number of nitrogens with two attached hydrogens (primary N) is 2. The van der Waals surface area contributed by atoms with Gasteiger partial charge < -0.3 is 25.9 Å². The number of fused-ring (bicyclic) bond motifs is 5. The molecular weight excluding hydrogens is 565 g/mol. The van der Waals surface area contributed by atoms with Crippen LogP contribution in [0.2, 0.25) is 0 Å². The molecule has 2 aliphatic heterocycles. The second-order valence-corrected chi connectivity index (χ2v) is 10.1. The topological polar surface area (TPSA) is 163 Å². The molecule has 0 fully saturated rings. The van der Waals surface area contributed by atoms with Crippen LogP contribution in [0.3, 0.4) is 0 Å². The van der Waals surface area contributed by atoms with Crippen molar-refractivity contribution >= 4 is 22.8 Å². The molecule has 0 saturated carbocycles. The maximum absolute atomic E-state index is 14.5. The first kappa shape index (κ1) is 32.4. The number of nitrogens with zero attached hydrogens (tertiary/aromatic N) is 3. The SMILES string of the molecule is CC.CC.Cc1c(F)cc2nc3c(c4c2c1CCC4)Cn1c-3cc2c(c1=O)COC(=O)C2O.NCc1cccc(C(N)=O)n1. The third-order valence-corrected chi connectivity index (χ3v) is 7.81. The summed E-state index contributed by atoms with van der Waals surface area (Å²) >= 11 is 0. The highest BCUT2D eigenvalue weighted by Gasteiger charge is 2.35. The number of pyridine rings is 3. The molecule has 3 aliphatic rings. The molecular formula is C33H38FN5O5. The van der Waals surface area contributed by atoms with E-state index in [9.17, 15) is 23.9 Å². The van der Waals surface area contributed by atoms with Gasteiger partial charge in [0.1, 0.15) is 18.1 Å². The summed E-state index contributed by atoms with van der Waals surface area (Å²) in [6, 6.07) is 8.13. The van der Waals surface area contributed by atoms with Crippen LogP contribution in [0.25, 0.3) is 22.3 Å². The molecule has 3 aromatic heterocycles. The summed E-state index contributed by atoms with van der Waals surface area (Å²) in [7, 11) is 0. The fourth-order valence-corrected chi connectivity index (χ4v) is 5.79. The lowest BCUT2D eigenvalue weighted by molar-refractivity contribution is -0.157. The lowest BCUT2D eigenvalue weighted by atomic mass is 9.85. The van der Waals surface area contributed by atoms with E-state index in [1.807, 2.05) is 27.7 Å². The van der Waals surface area contributed by atoms with Gasteiger partial charge in [-0.1, -0.05) is 33.8 Å². The number of ether oxygens (including phenoxy) is 1. The lowest BCUT2D eigenvalue weighted by Crippen LogP contribution is -2.32. The van der Waals surface area contributed by atoms with Gasteiger partial charge in [0.15, 0.2) is 6.10 Å². The van der Waals surface area contributed by atoms with Crippen molar-refractivity contribution in [2.24, 2.45) is 11.5 Å². The van der Waals surface area contributed by atoms with Crippen LogP contribution < -0.4 is 17.0 Å². The molecule has 0 bridgehead atoms. The predicted octanol–water partition coefficient (Wildman–Crippen LogP) is 4.14. The minimum atomic E-state index is -1.48. The number of carbonyl (C=O) groups is 2. The van der Waals surface area contributed by atoms with E-state index in [1.54, 1.807) is 35.8 Å². The number of benzene rings is 1. The smallest absolute Gasteiger partial charge is 0.340 e. The molecule has 1 aliphatic carbocycles. The van der Waals surface area contributed by atoms with Crippen LogP contribution in [0, 0.1) is 12.7 Å². The van der Waals surface area contributed by atoms with E-state index in [0.29, 0.717) is 46.8 Å². The molecule has 44 heavy (non-hydrogen) atoms. The van der Waals surface area contributed by atoms with Crippen LogP contribution in [-0.2, 0) is 42.1 Å². The highest BCUT2D eigenvalue weighted by Crippen LogP contribution is 2.42. The number of aromatic nitrogens is 3. The van der Waals surface area contributed by atoms with E-state index in [1.165, 1.54) is 6.07 Å². The van der Waals surface area contributed by atoms with Gasteiger partial charge in [0.05, 0.1) is 34.7 Å². The fourth-order valence-electron chi connectivity index (χ4n) is 5.79. The number of primary amides is 1. The van der Waals surface area contributed by atoms with Gasteiger partial charge in [0, 0.05) is 29.1 Å². The van der Waals surface area contributed by atoms with Gasteiger partial charge in [0.25, 0.3) is 11.5 Å². The summed E-state index contributed by atoms with van der Waals surface area (Å²) in [5, 5.41) is 11.2. The summed E-state index contributed by atoms with van der Waals surface area (Å²) < 4.78 is 21.1. The maximum atomic E-state index is 14.5. The summed E-state index contributed by atoms with van der Waals surface area (Å²) in [4.78, 5) is 44.1. The average Bonchev–Trinajstić information content (AvgIpc) is 3.43. The Morgan fingerprint density at radius 3 is 2.45 bits per heavy atom. The first-order valence-corrected chi connectivity index (χ1v) is 14.9. The van der Waals surface area contributed by atoms with Crippen molar-refractivity contribution in [3.63, 3.8) is 0 Å². The largest absolute Gasteiger partial charge is 0.458 e. The monoisotopic (exact) mass is 603 g/mol. The Morgan fingerprint density at radius 2 is 1.77 bits per heavy atom. The predicted molar refractivity (Wildman–Crippen MR) is 165 cm³/mol. The van der Waals surface area contributed by atoms with E-state index in [-0.39, 0.29) is 29.2 Å². The number of aliphatic hydroxyl groups is 1. The van der Waals surface area contributed by atoms with Gasteiger partial charge in [0.2, 0.25) is 0 Å². The molecule has 0 saturated heterocycles. The molecule has 7 rings (SSSR count). The number of rotatable bonds is 2. The third kappa shape index (κ3) is 5.60. The van der Waals surface area contributed by atoms with Crippen LogP contribution in [0.1, 0.15) is 89.8 Å². The van der Waals surface area contributed by atoms with Gasteiger partial charge in [-0.2, -0.15) is 0 Å². The maximum Gasteiger partial charge on any atom is 0.340 e. The number of hydrogen-bond donors (Lipinski definition) is 3. The van der Waals surface area contributed by atoms with Crippen molar-refractivity contribution in [2.75, 3.05) is 0 Å². The van der Waals surface area contributed by atoms with Crippen molar-refractivity contribution in [1.29, 1.82) is 0 Å². The molecule has 5 N–H and O–H groups in total. The van der Waals surface area contributed by atoms with Gasteiger partial charge >= 0.3 is 5.97 Å². The minimum Gasteiger partial charge on any atom is -0.458 e. The van der Waals surface area contributed by atoms with Crippen LogP contribution in [0.5, 0.6) is 0 Å². The second kappa shape index (κ2) is 13.4. The van der Waals surface area contributed by atoms with Gasteiger partial charge in [-0.25, -0.2) is 19.2 Å². The molecule has 10 nitrogen and oxygen atoms in total. The molecule has 4 aromatic rings. The Labute approximate surface area is 254 Å². The van der Waals surface area contributed by atoms with Crippen LogP contribution in [0.4, 0.5) is 4.39 Å². The fraction of sp³-hybridized carbons (Fsp3) is 0.364. The Hall–Kier alpha value is -4.48. The number of amides is 1. The quantitative estimate of drug-likeness (QED) is 0.254. The van der Waals surface area contributed by atoms with Gasteiger partial charge in [-0.15, -0.1) is 0 Å². The van der Waals surface area contributed by atoms with E-state index in [2.05, 4.69) is 4.98 Å². The van der Waals surface area contributed by atoms with Crippen LogP contribution >= 0.6 is 0 Å². The molecule has 0 spiro atoms. The van der Waals surface area contributed by atoms with Crippen LogP contribution in [-0.4, -0.2) is 31.5 Å². The molecule has 1 atom stereocenters. The second-order valence-electron chi connectivity index (χ2n) is 10.1. The zero-order chi connectivity index (χ0) is 32.3.